The van der Waals surface area contributed by atoms with E-state index in [9.17, 15) is 24.0 Å². The number of hydrogen-bond acceptors (Lipinski definition) is 9. The van der Waals surface area contributed by atoms with E-state index in [-0.39, 0.29) is 40.0 Å². The molecule has 1 aromatic heterocycles. The number of fused-ring (bicyclic) bond motifs is 4. The molecule has 2 amide bonds. The average Bonchev–Trinajstić information content (AvgIpc) is 3.40. The molecule has 0 radical (unpaired) electrons. The van der Waals surface area contributed by atoms with E-state index in [1.54, 1.807) is 38.2 Å². The molecule has 1 fully saturated rings. The van der Waals surface area contributed by atoms with E-state index < -0.39 is 39.9 Å². The molecule has 7 rings (SSSR count). The number of aliphatic hydroxyl groups excluding tert-OH is 2. The number of carbonyl (C=O) groups excluding carboxylic acids is 2. The van der Waals surface area contributed by atoms with Crippen molar-refractivity contribution in [1.82, 2.24) is 14.5 Å². The van der Waals surface area contributed by atoms with Crippen LogP contribution < -0.4 is 19.1 Å². The van der Waals surface area contributed by atoms with Gasteiger partial charge in [0.05, 0.1) is 37.4 Å². The van der Waals surface area contributed by atoms with Crippen LogP contribution in [0.1, 0.15) is 64.4 Å². The van der Waals surface area contributed by atoms with Gasteiger partial charge in [0.2, 0.25) is 5.88 Å². The molecule has 12 nitrogen and oxygen atoms in total. The fourth-order valence-electron chi connectivity index (χ4n) is 8.15. The molecule has 2 aliphatic heterocycles. The van der Waals surface area contributed by atoms with Crippen molar-refractivity contribution in [2.75, 3.05) is 37.5 Å². The highest BCUT2D eigenvalue weighted by Crippen LogP contribution is 2.47. The normalized spacial score (nSPS) is 31.2. The molecule has 272 valence electrons. The maximum absolute atomic E-state index is 14.5. The van der Waals surface area contributed by atoms with Crippen LogP contribution in [0.2, 0.25) is 5.02 Å². The van der Waals surface area contributed by atoms with E-state index in [0.29, 0.717) is 36.2 Å². The minimum atomic E-state index is -3.74. The number of allylic oxidation sites excluding steroid dienone is 1. The molecule has 0 unspecified atom stereocenters. The molecule has 4 aliphatic rings. The van der Waals surface area contributed by atoms with Crippen molar-refractivity contribution < 1.29 is 33.5 Å². The number of benzene rings is 2. The molecule has 3 heterocycles. The molecule has 0 saturated heterocycles. The van der Waals surface area contributed by atoms with Gasteiger partial charge in [-0.25, -0.2) is 4.21 Å². The molecule has 51 heavy (non-hydrogen) atoms. The number of carbonyl (C=O) groups is 2. The monoisotopic (exact) mass is 737 g/mol. The lowest BCUT2D eigenvalue weighted by Crippen LogP contribution is -2.50. The van der Waals surface area contributed by atoms with Crippen LogP contribution in [0.4, 0.5) is 5.69 Å². The highest BCUT2D eigenvalue weighted by Gasteiger charge is 2.45. The van der Waals surface area contributed by atoms with E-state index in [4.69, 9.17) is 21.1 Å². The summed E-state index contributed by atoms with van der Waals surface area (Å²) in [5.41, 5.74) is 2.98. The van der Waals surface area contributed by atoms with Gasteiger partial charge in [-0.1, -0.05) is 36.7 Å². The zero-order chi connectivity index (χ0) is 36.1. The summed E-state index contributed by atoms with van der Waals surface area (Å²) in [7, 11) is -0.749. The summed E-state index contributed by atoms with van der Waals surface area (Å²) in [4.78, 5) is 29.6. The number of ether oxygens (including phenoxy) is 2. The van der Waals surface area contributed by atoms with Crippen molar-refractivity contribution in [3.63, 3.8) is 0 Å². The lowest BCUT2D eigenvalue weighted by atomic mass is 9.68. The van der Waals surface area contributed by atoms with E-state index in [1.165, 1.54) is 35.2 Å². The van der Waals surface area contributed by atoms with Gasteiger partial charge in [0.15, 0.2) is 0 Å². The number of aliphatic hydroxyl groups is 2. The first-order valence-electron chi connectivity index (χ1n) is 17.4. The standard InChI is InChI=1S/C37H44ClN5O7S/c1-22-6-12-31(44)33(45)27-10-7-25(27)17-43-20-37(14-4-5-23-15-26(38)9-11-29(23)37)21-50-32-13-8-24(16-30(32)43)34(46)40-51(48,19-22)41-35(47)28-18-42(2)39-36(28)49-3/h6,8-9,11-13,15-16,18,22,25,27,31,33,44-45H,4-5,7,10,14,17,19-21H2,1-3H3,(H,40,41,46,47,48)/b12-6-/t22-,25-,27+,31+,33+,37-,51-/m0/s1. The molecule has 3 N–H and O–H groups in total. The third-order valence-electron chi connectivity index (χ3n) is 10.8. The van der Waals surface area contributed by atoms with Gasteiger partial charge < -0.3 is 24.6 Å². The topological polar surface area (TPSA) is 156 Å². The van der Waals surface area contributed by atoms with Gasteiger partial charge in [0, 0.05) is 42.3 Å². The van der Waals surface area contributed by atoms with Gasteiger partial charge in [-0.05, 0) is 91.3 Å². The summed E-state index contributed by atoms with van der Waals surface area (Å²) in [5.74, 6) is -1.67. The number of halogens is 1. The van der Waals surface area contributed by atoms with E-state index in [0.717, 1.165) is 32.1 Å². The first kappa shape index (κ1) is 35.5. The Bertz CT molecular complexity index is 2010. The van der Waals surface area contributed by atoms with Crippen molar-refractivity contribution in [2.24, 2.45) is 29.2 Å². The van der Waals surface area contributed by atoms with E-state index in [1.807, 2.05) is 12.1 Å². The summed E-state index contributed by atoms with van der Waals surface area (Å²) >= 11 is 6.42. The Balaban J connectivity index is 1.31. The third-order valence-corrected chi connectivity index (χ3v) is 13.0. The molecule has 7 atom stereocenters. The Morgan fingerprint density at radius 2 is 2.00 bits per heavy atom. The van der Waals surface area contributed by atoms with Crippen LogP contribution in [0.15, 0.2) is 59.1 Å². The zero-order valence-electron chi connectivity index (χ0n) is 29.0. The van der Waals surface area contributed by atoms with Crippen LogP contribution in [0.3, 0.4) is 0 Å². The summed E-state index contributed by atoms with van der Waals surface area (Å²) in [6.07, 6.45) is 6.85. The summed E-state index contributed by atoms with van der Waals surface area (Å²) in [6, 6.07) is 11.2. The molecule has 2 bridgehead atoms. The highest BCUT2D eigenvalue weighted by atomic mass is 35.5. The molecule has 3 aromatic rings. The zero-order valence-corrected chi connectivity index (χ0v) is 30.5. The van der Waals surface area contributed by atoms with Gasteiger partial charge >= 0.3 is 0 Å². The lowest BCUT2D eigenvalue weighted by Gasteiger charge is -2.46. The summed E-state index contributed by atoms with van der Waals surface area (Å²) in [5, 5.41) is 27.3. The molecule has 1 saturated carbocycles. The minimum Gasteiger partial charge on any atom is -0.490 e. The Kier molecular flexibility index (Phi) is 9.68. The smallest absolute Gasteiger partial charge is 0.286 e. The second kappa shape index (κ2) is 13.9. The first-order valence-corrected chi connectivity index (χ1v) is 19.5. The molecular formula is C37H44ClN5O7S. The molecule has 2 aromatic carbocycles. The minimum absolute atomic E-state index is 0.0317. The van der Waals surface area contributed by atoms with E-state index >= 15 is 0 Å². The number of methoxy groups -OCH3 is 1. The number of rotatable bonds is 3. The number of nitrogens with one attached hydrogen (secondary N) is 1. The van der Waals surface area contributed by atoms with Crippen LogP contribution in [-0.4, -0.2) is 80.8 Å². The molecular weight excluding hydrogens is 694 g/mol. The van der Waals surface area contributed by atoms with Crippen LogP contribution >= 0.6 is 11.6 Å². The maximum atomic E-state index is 14.5. The SMILES string of the molecule is COc1nn(C)cc1C(=O)N[S@@]1(=O)=NC(=O)c2ccc3c(c2)N(C[C@@H]2CC[C@H]2[C@@H](O)[C@H](O)/C=C\[C@H](C)C1)C[C@@]1(CCCc2cc(Cl)ccc21)CO3. The number of aryl methyl sites for hydroxylation is 2. The predicted octanol–water partition coefficient (Wildman–Crippen LogP) is 4.46. The van der Waals surface area contributed by atoms with Crippen LogP contribution in [0.5, 0.6) is 11.6 Å². The second-order valence-corrected chi connectivity index (χ2v) is 16.9. The number of aromatic nitrogens is 2. The number of nitrogens with zero attached hydrogens (tertiary/aromatic N) is 4. The summed E-state index contributed by atoms with van der Waals surface area (Å²) < 4.78 is 34.4. The van der Waals surface area contributed by atoms with Crippen molar-refractivity contribution in [1.29, 1.82) is 0 Å². The van der Waals surface area contributed by atoms with Gasteiger partial charge in [-0.2, -0.15) is 0 Å². The van der Waals surface area contributed by atoms with Gasteiger partial charge in [0.25, 0.3) is 11.8 Å². The fourth-order valence-corrected chi connectivity index (χ4v) is 10.1. The van der Waals surface area contributed by atoms with Gasteiger partial charge in [-0.3, -0.25) is 19.0 Å². The van der Waals surface area contributed by atoms with Gasteiger partial charge in [-0.15, -0.1) is 9.46 Å². The lowest BCUT2D eigenvalue weighted by molar-refractivity contribution is -0.0459. The number of anilines is 1. The average molecular weight is 738 g/mol. The van der Waals surface area contributed by atoms with Gasteiger partial charge in [0.1, 0.15) is 21.2 Å². The van der Waals surface area contributed by atoms with Crippen molar-refractivity contribution in [3.8, 4) is 11.6 Å². The van der Waals surface area contributed by atoms with E-state index in [2.05, 4.69) is 25.1 Å². The molecule has 1 spiro atoms. The van der Waals surface area contributed by atoms with Crippen molar-refractivity contribution in [3.05, 3.63) is 82.0 Å². The Labute approximate surface area is 303 Å². The Hall–Kier alpha value is -3.91. The predicted molar refractivity (Wildman–Crippen MR) is 194 cm³/mol. The molecule has 2 aliphatic carbocycles. The van der Waals surface area contributed by atoms with Crippen LogP contribution in [0.25, 0.3) is 0 Å². The quantitative estimate of drug-likeness (QED) is 0.331. The second-order valence-electron chi connectivity index (χ2n) is 14.5. The third kappa shape index (κ3) is 7.01. The maximum Gasteiger partial charge on any atom is 0.286 e. The fraction of sp³-hybridized carbons (Fsp3) is 0.486. The summed E-state index contributed by atoms with van der Waals surface area (Å²) in [6.45, 7) is 3.34. The van der Waals surface area contributed by atoms with Crippen molar-refractivity contribution in [2.45, 2.75) is 56.7 Å². The Morgan fingerprint density at radius 1 is 1.18 bits per heavy atom. The van der Waals surface area contributed by atoms with Crippen molar-refractivity contribution >= 4 is 39.0 Å². The highest BCUT2D eigenvalue weighted by molar-refractivity contribution is 7.92. The number of amides is 2. The molecule has 14 heteroatoms. The Morgan fingerprint density at radius 3 is 2.76 bits per heavy atom. The van der Waals surface area contributed by atoms with Crippen LogP contribution in [0, 0.1) is 17.8 Å². The number of hydrogen-bond donors (Lipinski definition) is 3. The first-order chi connectivity index (χ1) is 24.4. The largest absolute Gasteiger partial charge is 0.490 e. The van der Waals surface area contributed by atoms with Crippen LogP contribution in [-0.2, 0) is 28.8 Å².